The molecule has 0 unspecified atom stereocenters. The van der Waals surface area contributed by atoms with Gasteiger partial charge in [0, 0.05) is 29.2 Å². The number of hydrogen-bond donors (Lipinski definition) is 0. The first-order valence-corrected chi connectivity index (χ1v) is 6.84. The summed E-state index contributed by atoms with van der Waals surface area (Å²) in [6.07, 6.45) is 1.70. The molecule has 0 saturated heterocycles. The van der Waals surface area contributed by atoms with Gasteiger partial charge in [-0.15, -0.1) is 0 Å². The lowest BCUT2D eigenvalue weighted by atomic mass is 9.99. The number of rotatable bonds is 2. The Morgan fingerprint density at radius 2 is 1.81 bits per heavy atom. The summed E-state index contributed by atoms with van der Waals surface area (Å²) < 4.78 is 1.42. The highest BCUT2D eigenvalue weighted by Gasteiger charge is 2.18. The second-order valence-corrected chi connectivity index (χ2v) is 5.28. The molecule has 0 aliphatic carbocycles. The summed E-state index contributed by atoms with van der Waals surface area (Å²) in [5, 5.41) is 1.89. The fraction of sp³-hybridized carbons (Fsp3) is 0.0588. The first kappa shape index (κ1) is 13.6. The highest BCUT2D eigenvalue weighted by Crippen LogP contribution is 2.22. The minimum atomic E-state index is -0.321. The molecule has 4 heteroatoms. The summed E-state index contributed by atoms with van der Waals surface area (Å²) in [6, 6.07) is 14.0. The molecule has 0 bridgehead atoms. The molecule has 0 radical (unpaired) electrons. The van der Waals surface area contributed by atoms with E-state index in [0.717, 1.165) is 5.39 Å². The number of pyridine rings is 1. The smallest absolute Gasteiger partial charge is 0.262 e. The lowest BCUT2D eigenvalue weighted by Gasteiger charge is -2.09. The normalized spacial score (nSPS) is 10.8. The van der Waals surface area contributed by atoms with Crippen molar-refractivity contribution in [3.63, 3.8) is 0 Å². The maximum atomic E-state index is 12.7. The third kappa shape index (κ3) is 2.36. The van der Waals surface area contributed by atoms with Crippen molar-refractivity contribution >= 4 is 28.2 Å². The monoisotopic (exact) mass is 297 g/mol. The predicted octanol–water partition coefficient (Wildman–Crippen LogP) is 3.42. The number of hydrogen-bond acceptors (Lipinski definition) is 2. The van der Waals surface area contributed by atoms with Gasteiger partial charge in [0.15, 0.2) is 5.78 Å². The summed E-state index contributed by atoms with van der Waals surface area (Å²) in [5.74, 6) is -0.288. The molecule has 0 amide bonds. The van der Waals surface area contributed by atoms with Gasteiger partial charge in [0.05, 0.1) is 5.56 Å². The van der Waals surface area contributed by atoms with Crippen LogP contribution >= 0.6 is 11.6 Å². The molecule has 3 rings (SSSR count). The highest BCUT2D eigenvalue weighted by atomic mass is 35.5. The molecular formula is C17H12ClNO2. The Morgan fingerprint density at radius 3 is 2.52 bits per heavy atom. The van der Waals surface area contributed by atoms with Crippen molar-refractivity contribution in [2.45, 2.75) is 0 Å². The molecular weight excluding hydrogens is 286 g/mol. The van der Waals surface area contributed by atoms with Crippen LogP contribution in [0.3, 0.4) is 0 Å². The van der Waals surface area contributed by atoms with Crippen LogP contribution in [-0.2, 0) is 7.05 Å². The fourth-order valence-corrected chi connectivity index (χ4v) is 2.54. The number of ketones is 1. The molecule has 0 spiro atoms. The van der Waals surface area contributed by atoms with Crippen LogP contribution in [0.4, 0.5) is 0 Å². The van der Waals surface area contributed by atoms with E-state index in [9.17, 15) is 9.59 Å². The zero-order chi connectivity index (χ0) is 15.0. The van der Waals surface area contributed by atoms with Gasteiger partial charge in [-0.1, -0.05) is 48.0 Å². The molecule has 1 aromatic heterocycles. The van der Waals surface area contributed by atoms with E-state index < -0.39 is 0 Å². The van der Waals surface area contributed by atoms with E-state index in [1.807, 2.05) is 6.07 Å². The highest BCUT2D eigenvalue weighted by molar-refractivity contribution is 6.31. The number of fused-ring (bicyclic) bond motifs is 1. The zero-order valence-electron chi connectivity index (χ0n) is 11.3. The Kier molecular flexibility index (Phi) is 3.35. The molecule has 0 aliphatic heterocycles. The summed E-state index contributed by atoms with van der Waals surface area (Å²) in [4.78, 5) is 25.1. The van der Waals surface area contributed by atoms with Crippen molar-refractivity contribution in [2.75, 3.05) is 0 Å². The van der Waals surface area contributed by atoms with Gasteiger partial charge < -0.3 is 4.57 Å². The van der Waals surface area contributed by atoms with E-state index in [4.69, 9.17) is 11.6 Å². The number of aromatic nitrogens is 1. The molecule has 0 saturated carbocycles. The number of halogens is 1. The summed E-state index contributed by atoms with van der Waals surface area (Å²) >= 11 is 6.01. The van der Waals surface area contributed by atoms with E-state index in [1.165, 1.54) is 4.57 Å². The number of carbonyl (C=O) groups excluding carboxylic acids is 1. The van der Waals surface area contributed by atoms with Crippen LogP contribution in [0.5, 0.6) is 0 Å². The number of carbonyl (C=O) groups is 1. The van der Waals surface area contributed by atoms with E-state index in [1.54, 1.807) is 55.7 Å². The van der Waals surface area contributed by atoms with Gasteiger partial charge in [0.2, 0.25) is 0 Å². The second-order valence-electron chi connectivity index (χ2n) is 4.85. The summed E-state index contributed by atoms with van der Waals surface area (Å²) in [7, 11) is 1.64. The van der Waals surface area contributed by atoms with Gasteiger partial charge in [-0.2, -0.15) is 0 Å². The molecule has 3 aromatic rings. The van der Waals surface area contributed by atoms with Gasteiger partial charge in [0.1, 0.15) is 0 Å². The van der Waals surface area contributed by atoms with E-state index in [-0.39, 0.29) is 16.9 Å². The van der Waals surface area contributed by atoms with Crippen molar-refractivity contribution in [1.29, 1.82) is 0 Å². The zero-order valence-corrected chi connectivity index (χ0v) is 12.1. The molecule has 0 N–H and O–H groups in total. The van der Waals surface area contributed by atoms with Crippen LogP contribution in [0.2, 0.25) is 5.02 Å². The first-order chi connectivity index (χ1) is 10.1. The van der Waals surface area contributed by atoms with Crippen LogP contribution in [0.1, 0.15) is 15.9 Å². The largest absolute Gasteiger partial charge is 0.317 e. The van der Waals surface area contributed by atoms with E-state index in [2.05, 4.69) is 0 Å². The van der Waals surface area contributed by atoms with E-state index in [0.29, 0.717) is 16.0 Å². The van der Waals surface area contributed by atoms with Crippen LogP contribution in [0.15, 0.2) is 59.5 Å². The SMILES string of the molecule is Cn1cc2ccc(Cl)cc2c(C(=O)c2ccccc2)c1=O. The third-order valence-corrected chi connectivity index (χ3v) is 3.65. The van der Waals surface area contributed by atoms with Crippen molar-refractivity contribution in [3.8, 4) is 0 Å². The van der Waals surface area contributed by atoms with Gasteiger partial charge >= 0.3 is 0 Å². The van der Waals surface area contributed by atoms with Crippen LogP contribution < -0.4 is 5.56 Å². The Hall–Kier alpha value is -2.39. The average molecular weight is 298 g/mol. The van der Waals surface area contributed by atoms with Crippen molar-refractivity contribution < 1.29 is 4.79 Å². The molecule has 21 heavy (non-hydrogen) atoms. The molecule has 0 atom stereocenters. The Balaban J connectivity index is 2.36. The minimum Gasteiger partial charge on any atom is -0.317 e. The first-order valence-electron chi connectivity index (χ1n) is 6.46. The van der Waals surface area contributed by atoms with Crippen LogP contribution in [0, 0.1) is 0 Å². The van der Waals surface area contributed by atoms with Crippen LogP contribution in [0.25, 0.3) is 10.8 Å². The molecule has 1 heterocycles. The average Bonchev–Trinajstić information content (AvgIpc) is 2.49. The van der Waals surface area contributed by atoms with Gasteiger partial charge in [-0.3, -0.25) is 9.59 Å². The number of aryl methyl sites for hydroxylation is 1. The van der Waals surface area contributed by atoms with Crippen molar-refractivity contribution in [3.05, 3.63) is 81.2 Å². The maximum absolute atomic E-state index is 12.7. The lowest BCUT2D eigenvalue weighted by molar-refractivity contribution is 0.103. The summed E-state index contributed by atoms with van der Waals surface area (Å²) in [5.41, 5.74) is 0.324. The fourth-order valence-electron chi connectivity index (χ4n) is 2.37. The Morgan fingerprint density at radius 1 is 1.10 bits per heavy atom. The molecule has 104 valence electrons. The lowest BCUT2D eigenvalue weighted by Crippen LogP contribution is -2.24. The molecule has 3 nitrogen and oxygen atoms in total. The van der Waals surface area contributed by atoms with Crippen molar-refractivity contribution in [1.82, 2.24) is 4.57 Å². The van der Waals surface area contributed by atoms with Crippen molar-refractivity contribution in [2.24, 2.45) is 7.05 Å². The second kappa shape index (κ2) is 5.19. The van der Waals surface area contributed by atoms with Gasteiger partial charge in [-0.05, 0) is 17.5 Å². The van der Waals surface area contributed by atoms with E-state index >= 15 is 0 Å². The minimum absolute atomic E-state index is 0.156. The number of nitrogens with zero attached hydrogens (tertiary/aromatic N) is 1. The Labute approximate surface area is 126 Å². The maximum Gasteiger partial charge on any atom is 0.262 e. The quantitative estimate of drug-likeness (QED) is 0.680. The van der Waals surface area contributed by atoms with Gasteiger partial charge in [-0.25, -0.2) is 0 Å². The standard InChI is InChI=1S/C17H12ClNO2/c1-19-10-12-7-8-13(18)9-14(12)15(17(19)21)16(20)11-5-3-2-4-6-11/h2-10H,1H3. The summed E-state index contributed by atoms with van der Waals surface area (Å²) in [6.45, 7) is 0. The Bertz CT molecular complexity index is 898. The number of benzene rings is 2. The molecule has 0 fully saturated rings. The predicted molar refractivity (Wildman–Crippen MR) is 84.1 cm³/mol. The van der Waals surface area contributed by atoms with Crippen LogP contribution in [-0.4, -0.2) is 10.4 Å². The van der Waals surface area contributed by atoms with Gasteiger partial charge in [0.25, 0.3) is 5.56 Å². The molecule has 0 aliphatic rings. The third-order valence-electron chi connectivity index (χ3n) is 3.41. The topological polar surface area (TPSA) is 39.1 Å². The molecule has 2 aromatic carbocycles.